The molecule has 1 aliphatic rings. The quantitative estimate of drug-likeness (QED) is 0.481. The van der Waals surface area contributed by atoms with E-state index < -0.39 is 18.0 Å². The van der Waals surface area contributed by atoms with Crippen LogP contribution in [0.25, 0.3) is 17.0 Å². The van der Waals surface area contributed by atoms with Gasteiger partial charge in [0.15, 0.2) is 5.65 Å². The van der Waals surface area contributed by atoms with Gasteiger partial charge in [0.1, 0.15) is 23.5 Å². The second-order valence-electron chi connectivity index (χ2n) is 7.88. The number of hydrogen-bond acceptors (Lipinski definition) is 7. The van der Waals surface area contributed by atoms with Crippen molar-refractivity contribution in [2.45, 2.75) is 25.1 Å². The Morgan fingerprint density at radius 1 is 1.15 bits per heavy atom. The third kappa shape index (κ3) is 3.97. The molecule has 0 radical (unpaired) electrons. The van der Waals surface area contributed by atoms with Crippen LogP contribution < -0.4 is 9.64 Å². The van der Waals surface area contributed by atoms with Crippen molar-refractivity contribution in [2.75, 3.05) is 25.2 Å². The zero-order valence-corrected chi connectivity index (χ0v) is 17.9. The first-order valence-electron chi connectivity index (χ1n) is 10.6. The Kier molecular flexibility index (Phi) is 5.59. The molecule has 1 fully saturated rings. The van der Waals surface area contributed by atoms with E-state index in [1.54, 1.807) is 33.9 Å². The number of ether oxygens (including phenoxy) is 1. The van der Waals surface area contributed by atoms with Crippen LogP contribution >= 0.6 is 0 Å². The summed E-state index contributed by atoms with van der Waals surface area (Å²) in [6.45, 7) is 0.148. The Bertz CT molecular complexity index is 1300. The lowest BCUT2D eigenvalue weighted by Crippen LogP contribution is -2.26. The lowest BCUT2D eigenvalue weighted by atomic mass is 10.1. The maximum atomic E-state index is 14.6. The summed E-state index contributed by atoms with van der Waals surface area (Å²) >= 11 is 0. The molecule has 0 unspecified atom stereocenters. The van der Waals surface area contributed by atoms with E-state index in [0.29, 0.717) is 34.8 Å². The molecular formula is C23H22F2N6O2. The number of aromatic nitrogens is 5. The Morgan fingerprint density at radius 3 is 2.85 bits per heavy atom. The number of pyridine rings is 2. The van der Waals surface area contributed by atoms with E-state index >= 15 is 0 Å². The van der Waals surface area contributed by atoms with Gasteiger partial charge in [-0.3, -0.25) is 4.98 Å². The fourth-order valence-corrected chi connectivity index (χ4v) is 4.27. The van der Waals surface area contributed by atoms with Crippen LogP contribution in [0.4, 0.5) is 14.6 Å². The molecule has 0 amide bonds. The van der Waals surface area contributed by atoms with Crippen molar-refractivity contribution in [3.63, 3.8) is 0 Å². The van der Waals surface area contributed by atoms with Gasteiger partial charge in [-0.15, -0.1) is 5.10 Å². The van der Waals surface area contributed by atoms with Crippen LogP contribution in [-0.4, -0.2) is 56.1 Å². The Labute approximate surface area is 188 Å². The summed E-state index contributed by atoms with van der Waals surface area (Å²) < 4.78 is 35.5. The number of fused-ring (bicyclic) bond motifs is 1. The SMILES string of the molecule is COc1ncc(F)cc1[C@H]1C[C@H](F)CN1c1ccc2ncc(-c3cc(CCO)ccn3)n2n1. The first kappa shape index (κ1) is 21.2. The lowest BCUT2D eigenvalue weighted by molar-refractivity contribution is 0.299. The summed E-state index contributed by atoms with van der Waals surface area (Å²) in [5.74, 6) is 0.265. The largest absolute Gasteiger partial charge is 0.481 e. The molecule has 170 valence electrons. The molecule has 0 spiro atoms. The smallest absolute Gasteiger partial charge is 0.218 e. The predicted octanol–water partition coefficient (Wildman–Crippen LogP) is 3.16. The van der Waals surface area contributed by atoms with Crippen LogP contribution in [0.2, 0.25) is 0 Å². The van der Waals surface area contributed by atoms with Crippen molar-refractivity contribution in [3.8, 4) is 17.3 Å². The Balaban J connectivity index is 1.56. The summed E-state index contributed by atoms with van der Waals surface area (Å²) in [6.07, 6.45) is 4.01. The van der Waals surface area contributed by atoms with Gasteiger partial charge < -0.3 is 14.7 Å². The molecule has 0 saturated carbocycles. The topological polar surface area (TPSA) is 88.7 Å². The van der Waals surface area contributed by atoms with Crippen molar-refractivity contribution in [3.05, 3.63) is 65.9 Å². The fourth-order valence-electron chi connectivity index (χ4n) is 4.27. The van der Waals surface area contributed by atoms with Crippen LogP contribution in [-0.2, 0) is 6.42 Å². The molecule has 4 aromatic rings. The van der Waals surface area contributed by atoms with E-state index in [0.717, 1.165) is 11.8 Å². The van der Waals surface area contributed by atoms with Crippen molar-refractivity contribution in [1.82, 2.24) is 24.6 Å². The van der Waals surface area contributed by atoms with Gasteiger partial charge in [-0.2, -0.15) is 0 Å². The van der Waals surface area contributed by atoms with Crippen LogP contribution in [0, 0.1) is 5.82 Å². The summed E-state index contributed by atoms with van der Waals surface area (Å²) in [5.41, 5.74) is 3.36. The monoisotopic (exact) mass is 452 g/mol. The van der Waals surface area contributed by atoms with Gasteiger partial charge in [-0.1, -0.05) is 0 Å². The number of anilines is 1. The number of aliphatic hydroxyl groups is 1. The summed E-state index contributed by atoms with van der Waals surface area (Å²) in [6, 6.07) is 8.14. The number of methoxy groups -OCH3 is 1. The molecule has 10 heteroatoms. The van der Waals surface area contributed by atoms with Gasteiger partial charge in [0.25, 0.3) is 0 Å². The second kappa shape index (κ2) is 8.70. The highest BCUT2D eigenvalue weighted by Crippen LogP contribution is 2.40. The molecule has 1 aliphatic heterocycles. The number of imidazole rings is 1. The van der Waals surface area contributed by atoms with Crippen LogP contribution in [0.15, 0.2) is 48.9 Å². The van der Waals surface area contributed by atoms with Crippen molar-refractivity contribution < 1.29 is 18.6 Å². The molecule has 5 heterocycles. The average Bonchev–Trinajstić information content (AvgIpc) is 3.42. The third-order valence-corrected chi connectivity index (χ3v) is 5.78. The molecule has 2 atom stereocenters. The van der Waals surface area contributed by atoms with Crippen molar-refractivity contribution in [2.24, 2.45) is 0 Å². The van der Waals surface area contributed by atoms with E-state index in [2.05, 4.69) is 15.0 Å². The molecule has 0 aromatic carbocycles. The highest BCUT2D eigenvalue weighted by Gasteiger charge is 2.36. The minimum atomic E-state index is -1.11. The van der Waals surface area contributed by atoms with Gasteiger partial charge in [0, 0.05) is 24.8 Å². The van der Waals surface area contributed by atoms with Gasteiger partial charge in [0.2, 0.25) is 5.88 Å². The number of nitrogens with zero attached hydrogens (tertiary/aromatic N) is 6. The molecule has 8 nitrogen and oxygen atoms in total. The molecule has 0 bridgehead atoms. The average molecular weight is 452 g/mol. The van der Waals surface area contributed by atoms with Gasteiger partial charge in [-0.25, -0.2) is 23.3 Å². The highest BCUT2D eigenvalue weighted by molar-refractivity contribution is 5.61. The van der Waals surface area contributed by atoms with Gasteiger partial charge in [0.05, 0.1) is 37.8 Å². The van der Waals surface area contributed by atoms with E-state index in [9.17, 15) is 13.9 Å². The minimum absolute atomic E-state index is 0.0398. The van der Waals surface area contributed by atoms with E-state index in [4.69, 9.17) is 9.84 Å². The molecule has 4 aromatic heterocycles. The molecule has 1 N–H and O–H groups in total. The summed E-state index contributed by atoms with van der Waals surface area (Å²) in [4.78, 5) is 14.6. The Morgan fingerprint density at radius 2 is 2.03 bits per heavy atom. The lowest BCUT2D eigenvalue weighted by Gasteiger charge is -2.26. The Hall–Kier alpha value is -3.66. The molecular weight excluding hydrogens is 430 g/mol. The third-order valence-electron chi connectivity index (χ3n) is 5.78. The predicted molar refractivity (Wildman–Crippen MR) is 117 cm³/mol. The maximum Gasteiger partial charge on any atom is 0.218 e. The first-order valence-corrected chi connectivity index (χ1v) is 10.6. The van der Waals surface area contributed by atoms with E-state index in [-0.39, 0.29) is 25.5 Å². The van der Waals surface area contributed by atoms with Crippen molar-refractivity contribution in [1.29, 1.82) is 0 Å². The molecule has 33 heavy (non-hydrogen) atoms. The molecule has 1 saturated heterocycles. The number of alkyl halides is 1. The maximum absolute atomic E-state index is 14.6. The number of halogens is 2. The normalized spacial score (nSPS) is 18.2. The van der Waals surface area contributed by atoms with Crippen LogP contribution in [0.5, 0.6) is 5.88 Å². The summed E-state index contributed by atoms with van der Waals surface area (Å²) in [5, 5.41) is 14.0. The number of rotatable bonds is 6. The second-order valence-corrected chi connectivity index (χ2v) is 7.88. The van der Waals surface area contributed by atoms with Crippen molar-refractivity contribution >= 4 is 11.5 Å². The zero-order valence-electron chi connectivity index (χ0n) is 17.9. The number of hydrogen-bond donors (Lipinski definition) is 1. The molecule has 0 aliphatic carbocycles. The standard InChI is InChI=1S/C23H22F2N6O2/c1-33-23-17(9-15(24)11-28-23)19-10-16(25)13-30(19)22-3-2-21-27-12-20(31(21)29-22)18-8-14(5-7-32)4-6-26-18/h2-4,6,8-9,11-12,16,19,32H,5,7,10,13H2,1H3/t16-,19+/m0/s1. The van der Waals surface area contributed by atoms with E-state index in [1.807, 2.05) is 12.1 Å². The summed E-state index contributed by atoms with van der Waals surface area (Å²) in [7, 11) is 1.45. The minimum Gasteiger partial charge on any atom is -0.481 e. The highest BCUT2D eigenvalue weighted by atomic mass is 19.1. The van der Waals surface area contributed by atoms with Gasteiger partial charge in [-0.05, 0) is 42.3 Å². The zero-order chi connectivity index (χ0) is 22.9. The fraction of sp³-hybridized carbons (Fsp3) is 0.304. The first-order chi connectivity index (χ1) is 16.1. The van der Waals surface area contributed by atoms with E-state index in [1.165, 1.54) is 13.2 Å². The van der Waals surface area contributed by atoms with Crippen LogP contribution in [0.1, 0.15) is 23.6 Å². The molecule has 5 rings (SSSR count). The van der Waals surface area contributed by atoms with Gasteiger partial charge >= 0.3 is 0 Å². The number of aliphatic hydroxyl groups excluding tert-OH is 1. The van der Waals surface area contributed by atoms with Crippen LogP contribution in [0.3, 0.4) is 0 Å².